The summed E-state index contributed by atoms with van der Waals surface area (Å²) >= 11 is 7.77. The number of thioether (sulfide) groups is 1. The van der Waals surface area contributed by atoms with Crippen LogP contribution in [0.3, 0.4) is 0 Å². The second kappa shape index (κ2) is 12.0. The molecule has 3 saturated heterocycles. The highest BCUT2D eigenvalue weighted by atomic mass is 35.5. The van der Waals surface area contributed by atoms with E-state index >= 15 is 0 Å². The molecule has 0 radical (unpaired) electrons. The number of aliphatic hydroxyl groups excluding tert-OH is 1. The average molecular weight is 594 g/mol. The van der Waals surface area contributed by atoms with Crippen molar-refractivity contribution in [2.45, 2.75) is 41.3 Å². The summed E-state index contributed by atoms with van der Waals surface area (Å²) in [5.74, 6) is -1.76. The van der Waals surface area contributed by atoms with Gasteiger partial charge in [-0.05, 0) is 49.1 Å². The molecular formula is C32H36ClN3O4S. The molecule has 2 aromatic rings. The molecule has 216 valence electrons. The summed E-state index contributed by atoms with van der Waals surface area (Å²) < 4.78 is -0.774. The minimum atomic E-state index is -0.853. The van der Waals surface area contributed by atoms with Gasteiger partial charge in [0.1, 0.15) is 6.04 Å². The molecular weight excluding hydrogens is 558 g/mol. The largest absolute Gasteiger partial charge is 0.394 e. The molecule has 6 atom stereocenters. The standard InChI is InChI=1S/C32H36ClN3O4S/c1-4-17-34(3)29(38)26-25-15-16-32(41-25)27(26)30(39)36(24(20-37)19-21-9-7-6-8-10-21)28(32)31(40)35(18-5-2)23-13-11-22(33)12-14-23/h4-14,24-28,37H,1-2,15-20H2,3H3/t24-,25-,26+,27+,28?,32?/m1/s1. The Labute approximate surface area is 250 Å². The molecule has 3 amide bonds. The number of carbonyl (C=O) groups is 3. The van der Waals surface area contributed by atoms with Gasteiger partial charge in [-0.1, -0.05) is 54.1 Å². The highest BCUT2D eigenvalue weighted by Gasteiger charge is 2.74. The maximum Gasteiger partial charge on any atom is 0.251 e. The third kappa shape index (κ3) is 5.11. The van der Waals surface area contributed by atoms with E-state index in [1.807, 2.05) is 30.3 Å². The molecule has 2 unspecified atom stereocenters. The molecule has 1 spiro atoms. The van der Waals surface area contributed by atoms with Crippen molar-refractivity contribution in [2.24, 2.45) is 11.8 Å². The van der Waals surface area contributed by atoms with Crippen molar-refractivity contribution in [2.75, 3.05) is 31.6 Å². The molecule has 2 aromatic carbocycles. The molecule has 3 aliphatic heterocycles. The summed E-state index contributed by atoms with van der Waals surface area (Å²) in [7, 11) is 1.73. The smallest absolute Gasteiger partial charge is 0.251 e. The summed E-state index contributed by atoms with van der Waals surface area (Å²) in [6.45, 7) is 7.94. The predicted octanol–water partition coefficient (Wildman–Crippen LogP) is 4.20. The van der Waals surface area contributed by atoms with Crippen LogP contribution in [0.1, 0.15) is 18.4 Å². The van der Waals surface area contributed by atoms with E-state index in [-0.39, 0.29) is 36.1 Å². The third-order valence-corrected chi connectivity index (χ3v) is 10.9. The Hall–Kier alpha value is -3.07. The van der Waals surface area contributed by atoms with Crippen LogP contribution < -0.4 is 4.90 Å². The molecule has 0 saturated carbocycles. The summed E-state index contributed by atoms with van der Waals surface area (Å²) in [4.78, 5) is 47.9. The average Bonchev–Trinajstić information content (AvgIpc) is 3.62. The Morgan fingerprint density at radius 3 is 2.44 bits per heavy atom. The lowest BCUT2D eigenvalue weighted by atomic mass is 9.70. The normalized spacial score (nSPS) is 26.9. The van der Waals surface area contributed by atoms with Crippen LogP contribution in [0.4, 0.5) is 5.69 Å². The van der Waals surface area contributed by atoms with Gasteiger partial charge in [0.15, 0.2) is 0 Å². The van der Waals surface area contributed by atoms with E-state index in [0.29, 0.717) is 30.1 Å². The number of anilines is 1. The number of likely N-dealkylation sites (tertiary alicyclic amines) is 1. The van der Waals surface area contributed by atoms with Crippen LogP contribution in [0.15, 0.2) is 79.9 Å². The number of hydrogen-bond donors (Lipinski definition) is 1. The molecule has 3 heterocycles. The second-order valence-electron chi connectivity index (χ2n) is 11.0. The van der Waals surface area contributed by atoms with E-state index in [9.17, 15) is 19.5 Å². The quantitative estimate of drug-likeness (QED) is 0.395. The Bertz CT molecular complexity index is 1320. The highest BCUT2D eigenvalue weighted by molar-refractivity contribution is 8.02. The predicted molar refractivity (Wildman–Crippen MR) is 164 cm³/mol. The molecule has 2 bridgehead atoms. The minimum Gasteiger partial charge on any atom is -0.394 e. The summed E-state index contributed by atoms with van der Waals surface area (Å²) in [5.41, 5.74) is 1.60. The molecule has 3 aliphatic rings. The second-order valence-corrected chi connectivity index (χ2v) is 13.1. The van der Waals surface area contributed by atoms with Crippen LogP contribution in [-0.2, 0) is 20.8 Å². The number of fused-ring (bicyclic) bond motifs is 1. The van der Waals surface area contributed by atoms with Crippen molar-refractivity contribution in [3.05, 3.63) is 90.5 Å². The van der Waals surface area contributed by atoms with Gasteiger partial charge in [-0.15, -0.1) is 24.9 Å². The van der Waals surface area contributed by atoms with E-state index < -0.39 is 28.7 Å². The summed E-state index contributed by atoms with van der Waals surface area (Å²) in [5, 5.41) is 11.2. The lowest BCUT2D eigenvalue weighted by Crippen LogP contribution is -2.58. The fraction of sp³-hybridized carbons (Fsp3) is 0.406. The zero-order valence-corrected chi connectivity index (χ0v) is 24.8. The molecule has 0 aromatic heterocycles. The Kier molecular flexibility index (Phi) is 8.64. The number of likely N-dealkylation sites (N-methyl/N-ethyl adjacent to an activating group) is 1. The van der Waals surface area contributed by atoms with Gasteiger partial charge in [0.2, 0.25) is 11.8 Å². The van der Waals surface area contributed by atoms with Crippen LogP contribution in [-0.4, -0.2) is 81.5 Å². The Morgan fingerprint density at radius 2 is 1.80 bits per heavy atom. The van der Waals surface area contributed by atoms with Gasteiger partial charge in [-0.2, -0.15) is 0 Å². The van der Waals surface area contributed by atoms with Crippen molar-refractivity contribution in [3.8, 4) is 0 Å². The Morgan fingerprint density at radius 1 is 1.12 bits per heavy atom. The van der Waals surface area contributed by atoms with Crippen LogP contribution >= 0.6 is 23.4 Å². The molecule has 3 fully saturated rings. The number of aliphatic hydroxyl groups is 1. The van der Waals surface area contributed by atoms with Crippen LogP contribution in [0, 0.1) is 11.8 Å². The van der Waals surface area contributed by atoms with Gasteiger partial charge in [-0.3, -0.25) is 14.4 Å². The zero-order chi connectivity index (χ0) is 29.3. The summed E-state index contributed by atoms with van der Waals surface area (Å²) in [6.07, 6.45) is 5.11. The number of nitrogens with zero attached hydrogens (tertiary/aromatic N) is 3. The van der Waals surface area contributed by atoms with Crippen molar-refractivity contribution in [1.29, 1.82) is 0 Å². The monoisotopic (exact) mass is 593 g/mol. The van der Waals surface area contributed by atoms with Crippen molar-refractivity contribution >= 4 is 46.8 Å². The molecule has 1 N–H and O–H groups in total. The molecule has 0 aliphatic carbocycles. The number of hydrogen-bond acceptors (Lipinski definition) is 5. The minimum absolute atomic E-state index is 0.0498. The Balaban J connectivity index is 1.60. The zero-order valence-electron chi connectivity index (χ0n) is 23.2. The van der Waals surface area contributed by atoms with Gasteiger partial charge in [-0.25, -0.2) is 0 Å². The van der Waals surface area contributed by atoms with Gasteiger partial charge in [0, 0.05) is 36.1 Å². The lowest BCUT2D eigenvalue weighted by molar-refractivity contribution is -0.144. The van der Waals surface area contributed by atoms with E-state index in [1.165, 1.54) is 0 Å². The number of amides is 3. The first-order valence-electron chi connectivity index (χ1n) is 14.0. The molecule has 5 rings (SSSR count). The van der Waals surface area contributed by atoms with Crippen molar-refractivity contribution in [1.82, 2.24) is 9.80 Å². The first-order chi connectivity index (χ1) is 19.8. The molecule has 41 heavy (non-hydrogen) atoms. The SMILES string of the molecule is C=CCN(C)C(=O)[C@@H]1[C@H]2C(=O)N([C@@H](CO)Cc3ccccc3)C(C(=O)N(CC=C)c3ccc(Cl)cc3)C23CC[C@H]1S3. The first kappa shape index (κ1) is 29.4. The van der Waals surface area contributed by atoms with Crippen molar-refractivity contribution < 1.29 is 19.5 Å². The lowest BCUT2D eigenvalue weighted by Gasteiger charge is -2.39. The van der Waals surface area contributed by atoms with E-state index in [4.69, 9.17) is 11.6 Å². The van der Waals surface area contributed by atoms with Crippen LogP contribution in [0.25, 0.3) is 0 Å². The van der Waals surface area contributed by atoms with Gasteiger partial charge in [0.25, 0.3) is 5.91 Å². The fourth-order valence-electron chi connectivity index (χ4n) is 6.94. The van der Waals surface area contributed by atoms with E-state index in [1.54, 1.807) is 69.9 Å². The van der Waals surface area contributed by atoms with E-state index in [0.717, 1.165) is 12.0 Å². The number of benzene rings is 2. The van der Waals surface area contributed by atoms with Gasteiger partial charge in [0.05, 0.1) is 29.2 Å². The number of halogens is 1. The first-order valence-corrected chi connectivity index (χ1v) is 15.2. The maximum atomic E-state index is 14.7. The van der Waals surface area contributed by atoms with Crippen molar-refractivity contribution in [3.63, 3.8) is 0 Å². The maximum absolute atomic E-state index is 14.7. The fourth-order valence-corrected chi connectivity index (χ4v) is 9.26. The third-order valence-electron chi connectivity index (χ3n) is 8.67. The van der Waals surface area contributed by atoms with Crippen LogP contribution in [0.2, 0.25) is 5.02 Å². The van der Waals surface area contributed by atoms with Crippen LogP contribution in [0.5, 0.6) is 0 Å². The summed E-state index contributed by atoms with van der Waals surface area (Å²) in [6, 6.07) is 15.2. The van der Waals surface area contributed by atoms with Gasteiger partial charge < -0.3 is 19.8 Å². The molecule has 9 heteroatoms. The number of rotatable bonds is 11. The topological polar surface area (TPSA) is 81.2 Å². The van der Waals surface area contributed by atoms with Gasteiger partial charge >= 0.3 is 0 Å². The van der Waals surface area contributed by atoms with E-state index in [2.05, 4.69) is 13.2 Å². The highest BCUT2D eigenvalue weighted by Crippen LogP contribution is 2.67. The molecule has 7 nitrogen and oxygen atoms in total. The number of carbonyl (C=O) groups excluding carboxylic acids is 3.